The number of anilines is 1. The highest BCUT2D eigenvalue weighted by Crippen LogP contribution is 2.22. The van der Waals surface area contributed by atoms with Crippen molar-refractivity contribution in [2.75, 3.05) is 5.43 Å². The van der Waals surface area contributed by atoms with Gasteiger partial charge in [-0.05, 0) is 61.2 Å². The molecule has 26 heavy (non-hydrogen) atoms. The van der Waals surface area contributed by atoms with Crippen LogP contribution < -0.4 is 15.6 Å². The van der Waals surface area contributed by atoms with Crippen molar-refractivity contribution in [2.45, 2.75) is 36.6 Å². The minimum atomic E-state index is -3.48. The van der Waals surface area contributed by atoms with Gasteiger partial charge in [-0.25, -0.2) is 17.5 Å². The average molecular weight is 377 g/mol. The van der Waals surface area contributed by atoms with Crippen molar-refractivity contribution < 1.29 is 17.6 Å². The summed E-state index contributed by atoms with van der Waals surface area (Å²) in [6.45, 7) is 0. The van der Waals surface area contributed by atoms with E-state index < -0.39 is 10.0 Å². The van der Waals surface area contributed by atoms with E-state index in [0.29, 0.717) is 12.1 Å². The molecular weight excluding hydrogens is 357 g/mol. The Morgan fingerprint density at radius 3 is 2.50 bits per heavy atom. The molecule has 8 heteroatoms. The fraction of sp³-hybridized carbons (Fsp3) is 0.278. The molecule has 0 radical (unpaired) electrons. The number of rotatable bonds is 8. The third-order valence-corrected chi connectivity index (χ3v) is 5.48. The van der Waals surface area contributed by atoms with Gasteiger partial charge in [0, 0.05) is 12.5 Å². The number of carbonyl (C=O) groups excluding carboxylic acids is 1. The van der Waals surface area contributed by atoms with E-state index >= 15 is 0 Å². The van der Waals surface area contributed by atoms with Crippen LogP contribution in [-0.2, 0) is 21.2 Å². The molecule has 0 heterocycles. The highest BCUT2D eigenvalue weighted by atomic mass is 32.2. The lowest BCUT2D eigenvalue weighted by atomic mass is 10.1. The molecule has 0 aliphatic heterocycles. The van der Waals surface area contributed by atoms with E-state index in [0.717, 1.165) is 18.4 Å². The number of amides is 1. The molecule has 0 spiro atoms. The summed E-state index contributed by atoms with van der Waals surface area (Å²) in [4.78, 5) is 12.0. The van der Waals surface area contributed by atoms with Crippen LogP contribution in [-0.4, -0.2) is 20.4 Å². The van der Waals surface area contributed by atoms with Gasteiger partial charge in [0.05, 0.1) is 10.6 Å². The molecule has 3 N–H and O–H groups in total. The standard InChI is InChI=1S/C18H20FN3O3S/c19-14-3-1-2-13(12-14)4-11-18(23)21-20-15-7-9-17(10-8-15)26(24,25)22-16-5-6-16/h1-3,7-10,12,16,20,22H,4-6,11H2,(H,21,23). The number of hydrogen-bond acceptors (Lipinski definition) is 4. The summed E-state index contributed by atoms with van der Waals surface area (Å²) >= 11 is 0. The molecule has 6 nitrogen and oxygen atoms in total. The van der Waals surface area contributed by atoms with Crippen molar-refractivity contribution in [3.05, 3.63) is 59.9 Å². The zero-order valence-corrected chi connectivity index (χ0v) is 14.9. The van der Waals surface area contributed by atoms with Crippen LogP contribution in [0, 0.1) is 5.82 Å². The van der Waals surface area contributed by atoms with Gasteiger partial charge >= 0.3 is 0 Å². The summed E-state index contributed by atoms with van der Waals surface area (Å²) in [6, 6.07) is 12.3. The minimum absolute atomic E-state index is 0.0511. The number of nitrogens with one attached hydrogen (secondary N) is 3. The third kappa shape index (κ3) is 5.27. The van der Waals surface area contributed by atoms with Gasteiger partial charge in [-0.3, -0.25) is 15.6 Å². The molecule has 1 amide bonds. The molecule has 3 rings (SSSR count). The number of benzene rings is 2. The first-order chi connectivity index (χ1) is 12.4. The Morgan fingerprint density at radius 1 is 1.12 bits per heavy atom. The Labute approximate surface area is 151 Å². The predicted molar refractivity (Wildman–Crippen MR) is 96.3 cm³/mol. The Balaban J connectivity index is 1.47. The summed E-state index contributed by atoms with van der Waals surface area (Å²) in [7, 11) is -3.48. The van der Waals surface area contributed by atoms with Gasteiger partial charge in [0.2, 0.25) is 15.9 Å². The van der Waals surface area contributed by atoms with Gasteiger partial charge in [-0.1, -0.05) is 12.1 Å². The summed E-state index contributed by atoms with van der Waals surface area (Å²) in [6.07, 6.45) is 2.38. The van der Waals surface area contributed by atoms with Gasteiger partial charge in [-0.15, -0.1) is 0 Å². The number of hydrogen-bond donors (Lipinski definition) is 3. The van der Waals surface area contributed by atoms with Gasteiger partial charge in [0.25, 0.3) is 0 Å². The normalized spacial score (nSPS) is 14.0. The topological polar surface area (TPSA) is 87.3 Å². The van der Waals surface area contributed by atoms with Crippen molar-refractivity contribution in [3.8, 4) is 0 Å². The Hall–Kier alpha value is -2.45. The lowest BCUT2D eigenvalue weighted by Crippen LogP contribution is -2.29. The number of carbonyl (C=O) groups is 1. The molecule has 0 atom stereocenters. The van der Waals surface area contributed by atoms with E-state index in [9.17, 15) is 17.6 Å². The number of halogens is 1. The van der Waals surface area contributed by atoms with Crippen LogP contribution in [0.4, 0.5) is 10.1 Å². The summed E-state index contributed by atoms with van der Waals surface area (Å²) in [5.41, 5.74) is 6.58. The quantitative estimate of drug-likeness (QED) is 0.616. The average Bonchev–Trinajstić information content (AvgIpc) is 3.42. The molecule has 2 aromatic carbocycles. The van der Waals surface area contributed by atoms with Crippen LogP contribution in [0.5, 0.6) is 0 Å². The van der Waals surface area contributed by atoms with E-state index in [4.69, 9.17) is 0 Å². The van der Waals surface area contributed by atoms with E-state index in [-0.39, 0.29) is 29.1 Å². The lowest BCUT2D eigenvalue weighted by molar-refractivity contribution is -0.120. The molecule has 1 aliphatic carbocycles. The predicted octanol–water partition coefficient (Wildman–Crippen LogP) is 2.34. The summed E-state index contributed by atoms with van der Waals surface area (Å²) < 4.78 is 39.9. The largest absolute Gasteiger partial charge is 0.299 e. The summed E-state index contributed by atoms with van der Waals surface area (Å²) in [5.74, 6) is -0.575. The molecule has 138 valence electrons. The Bertz CT molecular complexity index is 881. The minimum Gasteiger partial charge on any atom is -0.299 e. The van der Waals surface area contributed by atoms with Crippen LogP contribution in [0.15, 0.2) is 53.4 Å². The molecule has 0 saturated heterocycles. The van der Waals surface area contributed by atoms with Gasteiger partial charge in [0.1, 0.15) is 5.82 Å². The zero-order valence-electron chi connectivity index (χ0n) is 14.0. The maximum atomic E-state index is 13.1. The fourth-order valence-corrected chi connectivity index (χ4v) is 3.67. The maximum absolute atomic E-state index is 13.1. The lowest BCUT2D eigenvalue weighted by Gasteiger charge is -2.10. The van der Waals surface area contributed by atoms with E-state index in [1.165, 1.54) is 24.3 Å². The van der Waals surface area contributed by atoms with Crippen molar-refractivity contribution >= 4 is 21.6 Å². The number of hydrazine groups is 1. The van der Waals surface area contributed by atoms with Crippen LogP contribution in [0.25, 0.3) is 0 Å². The monoisotopic (exact) mass is 377 g/mol. The Morgan fingerprint density at radius 2 is 1.85 bits per heavy atom. The second-order valence-electron chi connectivity index (χ2n) is 6.22. The maximum Gasteiger partial charge on any atom is 0.240 e. The van der Waals surface area contributed by atoms with Crippen molar-refractivity contribution in [1.82, 2.24) is 10.1 Å². The SMILES string of the molecule is O=C(CCc1cccc(F)c1)NNc1ccc(S(=O)(=O)NC2CC2)cc1. The molecule has 0 bridgehead atoms. The van der Waals surface area contributed by atoms with Crippen molar-refractivity contribution in [3.63, 3.8) is 0 Å². The third-order valence-electron chi connectivity index (χ3n) is 3.94. The second-order valence-corrected chi connectivity index (χ2v) is 7.94. The first kappa shape index (κ1) is 18.3. The molecule has 0 aromatic heterocycles. The second kappa shape index (κ2) is 7.84. The van der Waals surface area contributed by atoms with Crippen LogP contribution in [0.2, 0.25) is 0 Å². The molecule has 0 unspecified atom stereocenters. The van der Waals surface area contributed by atoms with E-state index in [1.54, 1.807) is 24.3 Å². The highest BCUT2D eigenvalue weighted by Gasteiger charge is 2.27. The van der Waals surface area contributed by atoms with Crippen molar-refractivity contribution in [2.24, 2.45) is 0 Å². The fourth-order valence-electron chi connectivity index (χ4n) is 2.36. The molecule has 1 fully saturated rings. The van der Waals surface area contributed by atoms with Gasteiger partial charge in [-0.2, -0.15) is 0 Å². The number of aryl methyl sites for hydroxylation is 1. The number of sulfonamides is 1. The van der Waals surface area contributed by atoms with Crippen LogP contribution >= 0.6 is 0 Å². The van der Waals surface area contributed by atoms with Gasteiger partial charge in [0.15, 0.2) is 0 Å². The Kier molecular flexibility index (Phi) is 5.53. The smallest absolute Gasteiger partial charge is 0.240 e. The zero-order chi connectivity index (χ0) is 18.6. The summed E-state index contributed by atoms with van der Waals surface area (Å²) in [5, 5.41) is 0. The first-order valence-electron chi connectivity index (χ1n) is 8.34. The van der Waals surface area contributed by atoms with Crippen molar-refractivity contribution in [1.29, 1.82) is 0 Å². The van der Waals surface area contributed by atoms with E-state index in [2.05, 4.69) is 15.6 Å². The van der Waals surface area contributed by atoms with E-state index in [1.807, 2.05) is 0 Å². The van der Waals surface area contributed by atoms with Crippen LogP contribution in [0.1, 0.15) is 24.8 Å². The van der Waals surface area contributed by atoms with Crippen LogP contribution in [0.3, 0.4) is 0 Å². The molecular formula is C18H20FN3O3S. The highest BCUT2D eigenvalue weighted by molar-refractivity contribution is 7.89. The molecule has 1 saturated carbocycles. The molecule has 1 aliphatic rings. The first-order valence-corrected chi connectivity index (χ1v) is 9.82. The molecule has 2 aromatic rings. The van der Waals surface area contributed by atoms with Gasteiger partial charge < -0.3 is 0 Å².